The summed E-state index contributed by atoms with van der Waals surface area (Å²) in [4.78, 5) is 23.7. The summed E-state index contributed by atoms with van der Waals surface area (Å²) >= 11 is 0. The molecule has 0 fully saturated rings. The molecule has 2 aromatic rings. The van der Waals surface area contributed by atoms with Crippen LogP contribution >= 0.6 is 0 Å². The van der Waals surface area contributed by atoms with Crippen molar-refractivity contribution in [3.05, 3.63) is 65.0 Å². The number of nitrogens with one attached hydrogen (secondary N) is 2. The number of anilines is 1. The molecule has 0 aromatic heterocycles. The number of halogens is 3. The topological polar surface area (TPSA) is 58.2 Å². The van der Waals surface area contributed by atoms with Crippen molar-refractivity contribution in [1.29, 1.82) is 0 Å². The molecule has 2 N–H and O–H groups in total. The Kier molecular flexibility index (Phi) is 5.69. The first-order valence-corrected chi connectivity index (χ1v) is 7.91. The summed E-state index contributed by atoms with van der Waals surface area (Å²) in [6.45, 7) is 5.74. The van der Waals surface area contributed by atoms with Crippen molar-refractivity contribution >= 4 is 17.5 Å². The molecule has 0 aliphatic rings. The van der Waals surface area contributed by atoms with E-state index >= 15 is 0 Å². The van der Waals surface area contributed by atoms with Crippen molar-refractivity contribution in [2.75, 3.05) is 11.9 Å². The van der Waals surface area contributed by atoms with Crippen LogP contribution in [0.3, 0.4) is 0 Å². The van der Waals surface area contributed by atoms with E-state index in [0.29, 0.717) is 11.8 Å². The maximum absolute atomic E-state index is 13.5. The molecule has 2 rings (SSSR count). The molecule has 4 nitrogen and oxygen atoms in total. The molecule has 0 heterocycles. The van der Waals surface area contributed by atoms with Gasteiger partial charge in [-0.15, -0.1) is 0 Å². The van der Waals surface area contributed by atoms with Gasteiger partial charge < -0.3 is 10.6 Å². The minimum Gasteiger partial charge on any atom is -0.343 e. The van der Waals surface area contributed by atoms with Crippen LogP contribution in [0.15, 0.2) is 36.4 Å². The zero-order chi connectivity index (χ0) is 19.5. The van der Waals surface area contributed by atoms with E-state index in [1.54, 1.807) is 12.1 Å². The normalized spacial score (nSPS) is 11.2. The second kappa shape index (κ2) is 7.59. The van der Waals surface area contributed by atoms with Crippen molar-refractivity contribution in [1.82, 2.24) is 5.32 Å². The zero-order valence-electron chi connectivity index (χ0n) is 14.6. The summed E-state index contributed by atoms with van der Waals surface area (Å²) in [5, 5.41) is 4.74. The maximum Gasteiger partial charge on any atom is 0.254 e. The van der Waals surface area contributed by atoms with Gasteiger partial charge in [-0.1, -0.05) is 32.9 Å². The van der Waals surface area contributed by atoms with Gasteiger partial charge in [0.15, 0.2) is 17.5 Å². The molecular formula is C19H19F3N2O2. The highest BCUT2D eigenvalue weighted by Gasteiger charge is 2.19. The molecule has 138 valence electrons. The predicted molar refractivity (Wildman–Crippen MR) is 92.4 cm³/mol. The summed E-state index contributed by atoms with van der Waals surface area (Å²) in [6.07, 6.45) is 0. The molecule has 0 radical (unpaired) electrons. The summed E-state index contributed by atoms with van der Waals surface area (Å²) in [5.41, 5.74) is 0.936. The molecule has 7 heteroatoms. The first kappa shape index (κ1) is 19.5. The van der Waals surface area contributed by atoms with Gasteiger partial charge in [0.2, 0.25) is 5.91 Å². The second-order valence-corrected chi connectivity index (χ2v) is 6.78. The Hall–Kier alpha value is -2.83. The van der Waals surface area contributed by atoms with Crippen LogP contribution in [0.1, 0.15) is 36.7 Å². The van der Waals surface area contributed by atoms with Crippen LogP contribution in [-0.4, -0.2) is 18.4 Å². The summed E-state index contributed by atoms with van der Waals surface area (Å²) in [5.74, 6) is -6.28. The van der Waals surface area contributed by atoms with Crippen LogP contribution in [0, 0.1) is 17.5 Å². The van der Waals surface area contributed by atoms with E-state index in [2.05, 4.69) is 31.4 Å². The van der Waals surface area contributed by atoms with Gasteiger partial charge in [0.1, 0.15) is 0 Å². The smallest absolute Gasteiger partial charge is 0.254 e. The van der Waals surface area contributed by atoms with E-state index in [1.807, 2.05) is 12.1 Å². The molecule has 0 aliphatic carbocycles. The Morgan fingerprint density at radius 3 is 2.12 bits per heavy atom. The largest absolute Gasteiger partial charge is 0.343 e. The lowest BCUT2D eigenvalue weighted by atomic mass is 9.87. The molecule has 0 bridgehead atoms. The third-order valence-corrected chi connectivity index (χ3v) is 3.72. The molecule has 0 aliphatic heterocycles. The summed E-state index contributed by atoms with van der Waals surface area (Å²) in [7, 11) is 0. The minimum atomic E-state index is -1.74. The molecule has 2 amide bonds. The fraction of sp³-hybridized carbons (Fsp3) is 0.263. The Morgan fingerprint density at radius 2 is 1.54 bits per heavy atom. The Labute approximate surface area is 149 Å². The van der Waals surface area contributed by atoms with Crippen LogP contribution < -0.4 is 10.6 Å². The number of benzene rings is 2. The first-order chi connectivity index (χ1) is 12.1. The Morgan fingerprint density at radius 1 is 0.923 bits per heavy atom. The first-order valence-electron chi connectivity index (χ1n) is 7.91. The fourth-order valence-electron chi connectivity index (χ4n) is 2.22. The number of carbonyl (C=O) groups is 2. The highest BCUT2D eigenvalue weighted by Crippen LogP contribution is 2.23. The molecule has 0 saturated carbocycles. The van der Waals surface area contributed by atoms with Crippen LogP contribution in [0.25, 0.3) is 0 Å². The molecule has 26 heavy (non-hydrogen) atoms. The van der Waals surface area contributed by atoms with Crippen molar-refractivity contribution in [3.8, 4) is 0 Å². The monoisotopic (exact) mass is 364 g/mol. The molecule has 0 saturated heterocycles. The highest BCUT2D eigenvalue weighted by atomic mass is 19.2. The minimum absolute atomic E-state index is 0.0228. The van der Waals surface area contributed by atoms with Crippen molar-refractivity contribution < 1.29 is 22.8 Å². The van der Waals surface area contributed by atoms with Crippen LogP contribution in [-0.2, 0) is 10.2 Å². The van der Waals surface area contributed by atoms with E-state index in [1.165, 1.54) is 0 Å². The number of amides is 2. The van der Waals surface area contributed by atoms with Gasteiger partial charge in [-0.3, -0.25) is 9.59 Å². The molecular weight excluding hydrogens is 345 g/mol. The number of hydrogen-bond acceptors (Lipinski definition) is 2. The molecule has 0 atom stereocenters. The fourth-order valence-corrected chi connectivity index (χ4v) is 2.22. The SMILES string of the molecule is CC(C)(C)c1ccc(NC(=O)CNC(=O)c2ccc(F)c(F)c2F)cc1. The lowest BCUT2D eigenvalue weighted by Crippen LogP contribution is -2.33. The van der Waals surface area contributed by atoms with E-state index in [9.17, 15) is 22.8 Å². The average Bonchev–Trinajstić information content (AvgIpc) is 2.57. The molecule has 0 spiro atoms. The Bertz CT molecular complexity index is 828. The molecule has 2 aromatic carbocycles. The van der Waals surface area contributed by atoms with Gasteiger partial charge >= 0.3 is 0 Å². The maximum atomic E-state index is 13.5. The van der Waals surface area contributed by atoms with E-state index in [0.717, 1.165) is 11.6 Å². The van der Waals surface area contributed by atoms with E-state index < -0.39 is 41.4 Å². The number of carbonyl (C=O) groups excluding carboxylic acids is 2. The third kappa shape index (κ3) is 4.62. The number of hydrogen-bond donors (Lipinski definition) is 2. The summed E-state index contributed by atoms with van der Waals surface area (Å²) < 4.78 is 39.6. The third-order valence-electron chi connectivity index (χ3n) is 3.72. The predicted octanol–water partition coefficient (Wildman–Crippen LogP) is 3.77. The average molecular weight is 364 g/mol. The van der Waals surface area contributed by atoms with Gasteiger partial charge in [-0.2, -0.15) is 0 Å². The van der Waals surface area contributed by atoms with Gasteiger partial charge in [0.25, 0.3) is 5.91 Å². The highest BCUT2D eigenvalue weighted by molar-refractivity contribution is 5.99. The number of rotatable bonds is 4. The Balaban J connectivity index is 1.95. The van der Waals surface area contributed by atoms with Gasteiger partial charge in [-0.05, 0) is 35.2 Å². The van der Waals surface area contributed by atoms with Gasteiger partial charge in [-0.25, -0.2) is 13.2 Å². The molecule has 0 unspecified atom stereocenters. The van der Waals surface area contributed by atoms with Gasteiger partial charge in [0, 0.05) is 5.69 Å². The van der Waals surface area contributed by atoms with Crippen LogP contribution in [0.4, 0.5) is 18.9 Å². The second-order valence-electron chi connectivity index (χ2n) is 6.78. The van der Waals surface area contributed by atoms with Crippen molar-refractivity contribution in [2.24, 2.45) is 0 Å². The van der Waals surface area contributed by atoms with Crippen LogP contribution in [0.2, 0.25) is 0 Å². The van der Waals surface area contributed by atoms with E-state index in [4.69, 9.17) is 0 Å². The van der Waals surface area contributed by atoms with Crippen molar-refractivity contribution in [2.45, 2.75) is 26.2 Å². The standard InChI is InChI=1S/C19H19F3N2O2/c1-19(2,3)11-4-6-12(7-5-11)24-15(25)10-23-18(26)13-8-9-14(20)17(22)16(13)21/h4-9H,10H2,1-3H3,(H,23,26)(H,24,25). The zero-order valence-corrected chi connectivity index (χ0v) is 14.6. The van der Waals surface area contributed by atoms with Gasteiger partial charge in [0.05, 0.1) is 12.1 Å². The van der Waals surface area contributed by atoms with Crippen LogP contribution in [0.5, 0.6) is 0 Å². The lowest BCUT2D eigenvalue weighted by Gasteiger charge is -2.19. The van der Waals surface area contributed by atoms with E-state index in [-0.39, 0.29) is 5.41 Å². The van der Waals surface area contributed by atoms with Crippen molar-refractivity contribution in [3.63, 3.8) is 0 Å². The quantitative estimate of drug-likeness (QED) is 0.812. The lowest BCUT2D eigenvalue weighted by molar-refractivity contribution is -0.115. The summed E-state index contributed by atoms with van der Waals surface area (Å²) in [6, 6.07) is 8.68.